The number of carboxylic acids is 1. The van der Waals surface area contributed by atoms with Gasteiger partial charge in [-0.1, -0.05) is 13.8 Å². The molecule has 122 valence electrons. The maximum Gasteiger partial charge on any atom is 0.315 e. The third-order valence-corrected chi connectivity index (χ3v) is 5.15. The maximum absolute atomic E-state index is 11.7. The zero-order chi connectivity index (χ0) is 16.0. The Balaban J connectivity index is 2.37. The number of nitrogens with one attached hydrogen (secondary N) is 2. The Kier molecular flexibility index (Phi) is 6.44. The van der Waals surface area contributed by atoms with Gasteiger partial charge in [-0.2, -0.15) is 0 Å². The van der Waals surface area contributed by atoms with E-state index in [1.807, 2.05) is 13.8 Å². The summed E-state index contributed by atoms with van der Waals surface area (Å²) in [6.45, 7) is 4.27. The van der Waals surface area contributed by atoms with Crippen LogP contribution in [-0.4, -0.2) is 49.6 Å². The predicted molar refractivity (Wildman–Crippen MR) is 78.8 cm³/mol. The fraction of sp³-hybridized carbons (Fsp3) is 0.846. The van der Waals surface area contributed by atoms with E-state index in [1.165, 1.54) is 0 Å². The summed E-state index contributed by atoms with van der Waals surface area (Å²) < 4.78 is 22.6. The van der Waals surface area contributed by atoms with Crippen LogP contribution in [0, 0.1) is 11.8 Å². The molecule has 0 aromatic rings. The molecule has 0 radical (unpaired) electrons. The van der Waals surface area contributed by atoms with Crippen molar-refractivity contribution in [3.8, 4) is 0 Å². The number of carbonyl (C=O) groups excluding carboxylic acids is 1. The summed E-state index contributed by atoms with van der Waals surface area (Å²) in [5, 5.41) is 14.1. The van der Waals surface area contributed by atoms with Crippen LogP contribution in [0.1, 0.15) is 33.1 Å². The first-order chi connectivity index (χ1) is 9.68. The summed E-state index contributed by atoms with van der Waals surface area (Å²) in [5.74, 6) is -0.581. The third-order valence-electron chi connectivity index (χ3n) is 3.39. The molecule has 3 N–H and O–H groups in total. The van der Waals surface area contributed by atoms with E-state index in [0.29, 0.717) is 18.8 Å². The first kappa shape index (κ1) is 17.7. The number of sulfone groups is 1. The van der Waals surface area contributed by atoms with Crippen LogP contribution in [0.5, 0.6) is 0 Å². The summed E-state index contributed by atoms with van der Waals surface area (Å²) in [7, 11) is -3.02. The molecule has 0 aromatic carbocycles. The molecule has 21 heavy (non-hydrogen) atoms. The van der Waals surface area contributed by atoms with E-state index in [2.05, 4.69) is 10.6 Å². The molecule has 2 atom stereocenters. The number of carboxylic acid groups (broad SMARTS) is 1. The zero-order valence-corrected chi connectivity index (χ0v) is 13.3. The van der Waals surface area contributed by atoms with Crippen molar-refractivity contribution in [3.05, 3.63) is 0 Å². The van der Waals surface area contributed by atoms with Crippen molar-refractivity contribution in [2.45, 2.75) is 39.2 Å². The lowest BCUT2D eigenvalue weighted by Crippen LogP contribution is -2.44. The van der Waals surface area contributed by atoms with Gasteiger partial charge in [0, 0.05) is 19.0 Å². The molecule has 1 aliphatic rings. The van der Waals surface area contributed by atoms with Crippen LogP contribution in [0.15, 0.2) is 0 Å². The van der Waals surface area contributed by atoms with Gasteiger partial charge in [0.1, 0.15) is 0 Å². The molecular formula is C13H24N2O5S. The van der Waals surface area contributed by atoms with E-state index in [1.54, 1.807) is 0 Å². The van der Waals surface area contributed by atoms with Gasteiger partial charge in [-0.15, -0.1) is 0 Å². The molecule has 0 saturated carbocycles. The molecular weight excluding hydrogens is 296 g/mol. The molecule has 8 heteroatoms. The minimum absolute atomic E-state index is 0.0102. The fourth-order valence-corrected chi connectivity index (χ4v) is 4.21. The quantitative estimate of drug-likeness (QED) is 0.636. The minimum Gasteiger partial charge on any atom is -0.481 e. The second-order valence-corrected chi connectivity index (χ2v) is 8.28. The lowest BCUT2D eigenvalue weighted by atomic mass is 9.94. The normalized spacial score (nSPS) is 22.0. The van der Waals surface area contributed by atoms with Crippen molar-refractivity contribution in [2.24, 2.45) is 11.8 Å². The maximum atomic E-state index is 11.7. The number of hydrogen-bond acceptors (Lipinski definition) is 4. The SMILES string of the molecule is CC(C)C[C@H](CNC(=O)NC1CCS(=O)(=O)C1)CC(=O)O. The molecule has 0 bridgehead atoms. The highest BCUT2D eigenvalue weighted by molar-refractivity contribution is 7.91. The van der Waals surface area contributed by atoms with E-state index in [0.717, 1.165) is 0 Å². The van der Waals surface area contributed by atoms with Gasteiger partial charge in [-0.25, -0.2) is 13.2 Å². The molecule has 1 unspecified atom stereocenters. The second-order valence-electron chi connectivity index (χ2n) is 6.05. The molecule has 7 nitrogen and oxygen atoms in total. The van der Waals surface area contributed by atoms with Crippen molar-refractivity contribution in [3.63, 3.8) is 0 Å². The highest BCUT2D eigenvalue weighted by Gasteiger charge is 2.29. The summed E-state index contributed by atoms with van der Waals surface area (Å²) in [4.78, 5) is 22.5. The first-order valence-electron chi connectivity index (χ1n) is 7.14. The van der Waals surface area contributed by atoms with Crippen molar-refractivity contribution in [1.82, 2.24) is 10.6 Å². The number of aliphatic carboxylic acids is 1. The molecule has 2 amide bonds. The molecule has 0 spiro atoms. The molecule has 1 fully saturated rings. The summed E-state index contributed by atoms with van der Waals surface area (Å²) in [5.41, 5.74) is 0. The topological polar surface area (TPSA) is 113 Å². The Morgan fingerprint density at radius 1 is 1.33 bits per heavy atom. The van der Waals surface area contributed by atoms with Gasteiger partial charge in [0.25, 0.3) is 0 Å². The molecule has 1 heterocycles. The predicted octanol–water partition coefficient (Wildman–Crippen LogP) is 0.610. The van der Waals surface area contributed by atoms with Gasteiger partial charge >= 0.3 is 12.0 Å². The van der Waals surface area contributed by atoms with Gasteiger partial charge in [-0.3, -0.25) is 4.79 Å². The van der Waals surface area contributed by atoms with Crippen molar-refractivity contribution >= 4 is 21.8 Å². The third kappa shape index (κ3) is 7.31. The lowest BCUT2D eigenvalue weighted by molar-refractivity contribution is -0.138. The Bertz CT molecular complexity index is 475. The first-order valence-corrected chi connectivity index (χ1v) is 8.96. The van der Waals surface area contributed by atoms with Crippen LogP contribution in [-0.2, 0) is 14.6 Å². The van der Waals surface area contributed by atoms with Crippen molar-refractivity contribution in [1.29, 1.82) is 0 Å². The van der Waals surface area contributed by atoms with E-state index >= 15 is 0 Å². The number of hydrogen-bond donors (Lipinski definition) is 3. The average Bonchev–Trinajstić information content (AvgIpc) is 2.64. The molecule has 1 aliphatic heterocycles. The highest BCUT2D eigenvalue weighted by Crippen LogP contribution is 2.15. The number of urea groups is 1. The van der Waals surface area contributed by atoms with Crippen molar-refractivity contribution < 1.29 is 23.1 Å². The second kappa shape index (κ2) is 7.63. The van der Waals surface area contributed by atoms with Crippen LogP contribution < -0.4 is 10.6 Å². The molecule has 0 aromatic heterocycles. The van der Waals surface area contributed by atoms with Crippen LogP contribution >= 0.6 is 0 Å². The standard InChI is InChI=1S/C13H24N2O5S/c1-9(2)5-10(6-12(16)17)7-14-13(18)15-11-3-4-21(19,20)8-11/h9-11H,3-8H2,1-2H3,(H,16,17)(H2,14,15,18)/t10-,11?/m0/s1. The number of rotatable bonds is 7. The van der Waals surface area contributed by atoms with Gasteiger partial charge in [0.05, 0.1) is 11.5 Å². The number of amides is 2. The van der Waals surface area contributed by atoms with Crippen LogP contribution in [0.2, 0.25) is 0 Å². The van der Waals surface area contributed by atoms with E-state index < -0.39 is 21.8 Å². The van der Waals surface area contributed by atoms with E-state index in [9.17, 15) is 18.0 Å². The molecule has 1 rings (SSSR count). The summed E-state index contributed by atoms with van der Waals surface area (Å²) in [6, 6.07) is -0.783. The molecule has 1 saturated heterocycles. The van der Waals surface area contributed by atoms with Crippen molar-refractivity contribution in [2.75, 3.05) is 18.1 Å². The fourth-order valence-electron chi connectivity index (χ4n) is 2.53. The smallest absolute Gasteiger partial charge is 0.315 e. The average molecular weight is 320 g/mol. The van der Waals surface area contributed by atoms with Crippen LogP contribution in [0.25, 0.3) is 0 Å². The van der Waals surface area contributed by atoms with Crippen LogP contribution in [0.3, 0.4) is 0 Å². The monoisotopic (exact) mass is 320 g/mol. The summed E-state index contributed by atoms with van der Waals surface area (Å²) in [6.07, 6.45) is 1.15. The van der Waals surface area contributed by atoms with E-state index in [4.69, 9.17) is 5.11 Å². The summed E-state index contributed by atoms with van der Waals surface area (Å²) >= 11 is 0. The lowest BCUT2D eigenvalue weighted by Gasteiger charge is -2.19. The zero-order valence-electron chi connectivity index (χ0n) is 12.5. The Hall–Kier alpha value is -1.31. The largest absolute Gasteiger partial charge is 0.481 e. The minimum atomic E-state index is -3.02. The van der Waals surface area contributed by atoms with Gasteiger partial charge < -0.3 is 15.7 Å². The van der Waals surface area contributed by atoms with Gasteiger partial charge in [0.2, 0.25) is 0 Å². The van der Waals surface area contributed by atoms with Gasteiger partial charge in [-0.05, 0) is 24.7 Å². The van der Waals surface area contributed by atoms with Gasteiger partial charge in [0.15, 0.2) is 9.84 Å². The highest BCUT2D eigenvalue weighted by atomic mass is 32.2. The van der Waals surface area contributed by atoms with E-state index in [-0.39, 0.29) is 36.4 Å². The van der Waals surface area contributed by atoms with Crippen LogP contribution in [0.4, 0.5) is 4.79 Å². The Morgan fingerprint density at radius 3 is 2.48 bits per heavy atom. The Labute approximate surface area is 125 Å². The Morgan fingerprint density at radius 2 is 2.00 bits per heavy atom. The molecule has 0 aliphatic carbocycles. The number of carbonyl (C=O) groups is 2.